The highest BCUT2D eigenvalue weighted by atomic mass is 31.2. The Hall–Kier alpha value is -3.25. The maximum atomic E-state index is 13.2. The summed E-state index contributed by atoms with van der Waals surface area (Å²) < 4.78 is 13.2. The highest BCUT2D eigenvalue weighted by molar-refractivity contribution is 7.58. The first-order valence-electron chi connectivity index (χ1n) is 11.0. The molecule has 0 bridgehead atoms. The molecular weight excluding hydrogens is 451 g/mol. The molecule has 4 atom stereocenters. The van der Waals surface area contributed by atoms with Gasteiger partial charge in [-0.25, -0.2) is 0 Å². The fourth-order valence-corrected chi connectivity index (χ4v) is 5.49. The van der Waals surface area contributed by atoms with Crippen molar-refractivity contribution in [3.05, 3.63) is 96.1 Å². The molecule has 34 heavy (non-hydrogen) atoms. The van der Waals surface area contributed by atoms with Crippen LogP contribution in [0.4, 0.5) is 0 Å². The Morgan fingerprint density at radius 3 is 2.00 bits per heavy atom. The van der Waals surface area contributed by atoms with Crippen molar-refractivity contribution in [2.45, 2.75) is 25.2 Å². The number of carboxylic acid groups (broad SMARTS) is 1. The van der Waals surface area contributed by atoms with Crippen LogP contribution in [0.15, 0.2) is 84.9 Å². The molecule has 0 saturated carbocycles. The van der Waals surface area contributed by atoms with Crippen molar-refractivity contribution in [2.24, 2.45) is 11.7 Å². The summed E-state index contributed by atoms with van der Waals surface area (Å²) in [6.45, 7) is 1.35. The zero-order chi connectivity index (χ0) is 24.7. The van der Waals surface area contributed by atoms with E-state index in [0.29, 0.717) is 5.56 Å². The molecule has 0 radical (unpaired) electrons. The van der Waals surface area contributed by atoms with E-state index < -0.39 is 37.0 Å². The molecule has 0 spiro atoms. The molecule has 7 nitrogen and oxygen atoms in total. The maximum Gasteiger partial charge on any atom is 0.325 e. The van der Waals surface area contributed by atoms with Crippen LogP contribution in [-0.4, -0.2) is 34.1 Å². The summed E-state index contributed by atoms with van der Waals surface area (Å²) in [5, 5.41) is 11.6. The molecule has 0 saturated heterocycles. The Balaban J connectivity index is 1.82. The minimum atomic E-state index is -4.01. The average Bonchev–Trinajstić information content (AvgIpc) is 2.84. The second kappa shape index (κ2) is 11.3. The van der Waals surface area contributed by atoms with Gasteiger partial charge in [-0.15, -0.1) is 0 Å². The summed E-state index contributed by atoms with van der Waals surface area (Å²) in [5.74, 6) is -3.87. The zero-order valence-electron chi connectivity index (χ0n) is 18.9. The molecule has 3 aromatic carbocycles. The first kappa shape index (κ1) is 25.4. The molecule has 178 valence electrons. The second-order valence-electron chi connectivity index (χ2n) is 8.33. The third-order valence-corrected chi connectivity index (χ3v) is 7.83. The molecular formula is C26H29N2O5P. The fourth-order valence-electron chi connectivity index (χ4n) is 3.69. The SMILES string of the molecule is C[C@H](NC(=O)[C@@H](Cc1ccc(-c2ccccc2)cc1)CP(=O)(O)[C@@H](N)c1ccccc1)C(=O)O. The minimum Gasteiger partial charge on any atom is -0.480 e. The highest BCUT2D eigenvalue weighted by Crippen LogP contribution is 2.54. The Kier molecular flexibility index (Phi) is 8.40. The van der Waals surface area contributed by atoms with E-state index in [0.717, 1.165) is 16.7 Å². The van der Waals surface area contributed by atoms with Gasteiger partial charge in [0.05, 0.1) is 5.92 Å². The van der Waals surface area contributed by atoms with Gasteiger partial charge in [0.1, 0.15) is 11.8 Å². The molecule has 8 heteroatoms. The number of rotatable bonds is 10. The van der Waals surface area contributed by atoms with Crippen LogP contribution < -0.4 is 11.1 Å². The average molecular weight is 481 g/mol. The van der Waals surface area contributed by atoms with E-state index >= 15 is 0 Å². The lowest BCUT2D eigenvalue weighted by atomic mass is 9.97. The number of amides is 1. The van der Waals surface area contributed by atoms with E-state index in [1.165, 1.54) is 6.92 Å². The number of nitrogens with one attached hydrogen (secondary N) is 1. The van der Waals surface area contributed by atoms with Crippen molar-refractivity contribution in [3.8, 4) is 11.1 Å². The van der Waals surface area contributed by atoms with Crippen molar-refractivity contribution >= 4 is 19.2 Å². The molecule has 0 aliphatic carbocycles. The number of carbonyl (C=O) groups excluding carboxylic acids is 1. The summed E-state index contributed by atoms with van der Waals surface area (Å²) in [7, 11) is -4.01. The minimum absolute atomic E-state index is 0.166. The van der Waals surface area contributed by atoms with Gasteiger partial charge in [0.25, 0.3) is 0 Å². The lowest BCUT2D eigenvalue weighted by molar-refractivity contribution is -0.141. The van der Waals surface area contributed by atoms with E-state index in [1.807, 2.05) is 54.6 Å². The van der Waals surface area contributed by atoms with Crippen LogP contribution >= 0.6 is 7.37 Å². The van der Waals surface area contributed by atoms with Crippen molar-refractivity contribution in [2.75, 3.05) is 6.16 Å². The molecule has 0 aliphatic heterocycles. The van der Waals surface area contributed by atoms with E-state index in [2.05, 4.69) is 5.32 Å². The molecule has 0 fully saturated rings. The second-order valence-corrected chi connectivity index (χ2v) is 10.8. The quantitative estimate of drug-likeness (QED) is 0.324. The van der Waals surface area contributed by atoms with E-state index in [4.69, 9.17) is 5.73 Å². The molecule has 1 unspecified atom stereocenters. The lowest BCUT2D eigenvalue weighted by Gasteiger charge is -2.25. The van der Waals surface area contributed by atoms with Gasteiger partial charge < -0.3 is 21.1 Å². The summed E-state index contributed by atoms with van der Waals surface area (Å²) in [6.07, 6.45) is -0.207. The van der Waals surface area contributed by atoms with Gasteiger partial charge in [0, 0.05) is 6.16 Å². The van der Waals surface area contributed by atoms with E-state index in [-0.39, 0.29) is 12.6 Å². The van der Waals surface area contributed by atoms with Crippen molar-refractivity contribution in [3.63, 3.8) is 0 Å². The van der Waals surface area contributed by atoms with Gasteiger partial charge in [-0.3, -0.25) is 14.2 Å². The van der Waals surface area contributed by atoms with Crippen molar-refractivity contribution in [1.82, 2.24) is 5.32 Å². The molecule has 3 rings (SSSR count). The summed E-state index contributed by atoms with van der Waals surface area (Å²) >= 11 is 0. The summed E-state index contributed by atoms with van der Waals surface area (Å²) in [4.78, 5) is 35.0. The standard InChI is InChI=1S/C26H29N2O5P/c1-18(26(30)31)28-25(29)23(17-34(32,33)24(27)22-10-6-3-7-11-22)16-19-12-14-21(15-13-19)20-8-4-2-5-9-20/h2-15,18,23-24H,16-17,27H2,1H3,(H,28,29)(H,30,31)(H,32,33)/t18-,23-,24+/m0/s1. The Morgan fingerprint density at radius 1 is 0.912 bits per heavy atom. The third kappa shape index (κ3) is 6.64. The van der Waals surface area contributed by atoms with E-state index in [9.17, 15) is 24.2 Å². The van der Waals surface area contributed by atoms with Gasteiger partial charge in [-0.05, 0) is 35.6 Å². The monoisotopic (exact) mass is 480 g/mol. The van der Waals surface area contributed by atoms with Crippen molar-refractivity contribution < 1.29 is 24.2 Å². The summed E-state index contributed by atoms with van der Waals surface area (Å²) in [6, 6.07) is 24.8. The number of carboxylic acids is 1. The number of hydrogen-bond acceptors (Lipinski definition) is 4. The predicted octanol–water partition coefficient (Wildman–Crippen LogP) is 4.03. The van der Waals surface area contributed by atoms with Gasteiger partial charge >= 0.3 is 5.97 Å². The maximum absolute atomic E-state index is 13.2. The third-order valence-electron chi connectivity index (χ3n) is 5.70. The number of aliphatic carboxylic acids is 1. The molecule has 1 amide bonds. The topological polar surface area (TPSA) is 130 Å². The van der Waals surface area contributed by atoms with Gasteiger partial charge in [-0.1, -0.05) is 84.9 Å². The fraction of sp³-hybridized carbons (Fsp3) is 0.231. The Bertz CT molecular complexity index is 1150. The molecule has 5 N–H and O–H groups in total. The van der Waals surface area contributed by atoms with Crippen LogP contribution in [0.3, 0.4) is 0 Å². The largest absolute Gasteiger partial charge is 0.480 e. The molecule has 0 heterocycles. The normalized spacial score (nSPS) is 15.5. The van der Waals surface area contributed by atoms with Gasteiger partial charge in [-0.2, -0.15) is 0 Å². The van der Waals surface area contributed by atoms with Gasteiger partial charge in [0.15, 0.2) is 0 Å². The van der Waals surface area contributed by atoms with Crippen LogP contribution in [0.5, 0.6) is 0 Å². The van der Waals surface area contributed by atoms with E-state index in [1.54, 1.807) is 30.3 Å². The molecule has 3 aromatic rings. The van der Waals surface area contributed by atoms with Crippen LogP contribution in [0, 0.1) is 5.92 Å². The number of hydrogen-bond donors (Lipinski definition) is 4. The molecule has 0 aromatic heterocycles. The number of carbonyl (C=O) groups is 2. The Labute approximate surface area is 199 Å². The van der Waals surface area contributed by atoms with Crippen LogP contribution in [0.25, 0.3) is 11.1 Å². The van der Waals surface area contributed by atoms with Crippen LogP contribution in [0.1, 0.15) is 23.8 Å². The summed E-state index contributed by atoms with van der Waals surface area (Å²) in [5.41, 5.74) is 9.45. The van der Waals surface area contributed by atoms with Crippen molar-refractivity contribution in [1.29, 1.82) is 0 Å². The number of benzene rings is 3. The smallest absolute Gasteiger partial charge is 0.325 e. The molecule has 0 aliphatic rings. The zero-order valence-corrected chi connectivity index (χ0v) is 19.8. The lowest BCUT2D eigenvalue weighted by Crippen LogP contribution is -2.43. The van der Waals surface area contributed by atoms with Crippen LogP contribution in [0.2, 0.25) is 0 Å². The highest BCUT2D eigenvalue weighted by Gasteiger charge is 2.35. The first-order valence-corrected chi connectivity index (χ1v) is 12.9. The van der Waals surface area contributed by atoms with Gasteiger partial charge in [0.2, 0.25) is 13.3 Å². The number of nitrogens with two attached hydrogens (primary N) is 1. The Morgan fingerprint density at radius 2 is 1.44 bits per heavy atom. The first-order chi connectivity index (χ1) is 16.2. The van der Waals surface area contributed by atoms with Crippen LogP contribution in [-0.2, 0) is 20.6 Å². The predicted molar refractivity (Wildman–Crippen MR) is 132 cm³/mol.